The van der Waals surface area contributed by atoms with Crippen LogP contribution in [0, 0.1) is 0 Å². The predicted molar refractivity (Wildman–Crippen MR) is 52.2 cm³/mol. The smallest absolute Gasteiger partial charge is 0.406 e. The quantitative estimate of drug-likeness (QED) is 0.736. The first-order valence-corrected chi connectivity index (χ1v) is 4.78. The van der Waals surface area contributed by atoms with E-state index < -0.39 is 6.36 Å². The predicted octanol–water partition coefficient (Wildman–Crippen LogP) is 4.37. The van der Waals surface area contributed by atoms with Gasteiger partial charge in [-0.3, -0.25) is 0 Å². The second-order valence-electron chi connectivity index (χ2n) is 2.00. The van der Waals surface area contributed by atoms with Gasteiger partial charge in [0, 0.05) is 4.47 Å². The molecule has 0 radical (unpaired) electrons. The number of hydrogen-bond acceptors (Lipinski definition) is 1. The molecule has 0 N–H and O–H groups in total. The Morgan fingerprint density at radius 1 is 1.07 bits per heavy atom. The third kappa shape index (κ3) is 5.85. The van der Waals surface area contributed by atoms with Crippen LogP contribution in [0.5, 0.6) is 5.75 Å². The lowest BCUT2D eigenvalue weighted by Gasteiger charge is -2.07. The molecule has 0 saturated carbocycles. The normalized spacial score (nSPS) is 10.1. The average molecular weight is 271 g/mol. The zero-order chi connectivity index (χ0) is 11.2. The molecular formula is C9H10BrF3O. The largest absolute Gasteiger partial charge is 0.573 e. The summed E-state index contributed by atoms with van der Waals surface area (Å²) in [6, 6.07) is 5.41. The van der Waals surface area contributed by atoms with Crippen LogP contribution in [0.2, 0.25) is 0 Å². The van der Waals surface area contributed by atoms with E-state index in [9.17, 15) is 13.2 Å². The molecule has 0 atom stereocenters. The van der Waals surface area contributed by atoms with Crippen molar-refractivity contribution in [3.8, 4) is 5.75 Å². The lowest BCUT2D eigenvalue weighted by molar-refractivity contribution is -0.274. The van der Waals surface area contributed by atoms with Crippen LogP contribution in [-0.4, -0.2) is 6.36 Å². The van der Waals surface area contributed by atoms with Gasteiger partial charge < -0.3 is 4.74 Å². The van der Waals surface area contributed by atoms with Gasteiger partial charge in [-0.1, -0.05) is 29.8 Å². The topological polar surface area (TPSA) is 9.23 Å². The van der Waals surface area contributed by atoms with Crippen molar-refractivity contribution in [3.05, 3.63) is 28.7 Å². The van der Waals surface area contributed by atoms with E-state index in [1.807, 2.05) is 13.8 Å². The van der Waals surface area contributed by atoms with Crippen LogP contribution >= 0.6 is 15.9 Å². The van der Waals surface area contributed by atoms with Crippen molar-refractivity contribution in [3.63, 3.8) is 0 Å². The Morgan fingerprint density at radius 3 is 1.86 bits per heavy atom. The van der Waals surface area contributed by atoms with E-state index in [4.69, 9.17) is 0 Å². The van der Waals surface area contributed by atoms with Crippen LogP contribution in [-0.2, 0) is 0 Å². The van der Waals surface area contributed by atoms with Crippen molar-refractivity contribution in [2.45, 2.75) is 20.2 Å². The van der Waals surface area contributed by atoms with Gasteiger partial charge in [0.05, 0.1) is 0 Å². The molecule has 1 aromatic carbocycles. The molecule has 0 heterocycles. The summed E-state index contributed by atoms with van der Waals surface area (Å²) < 4.78 is 39.2. The van der Waals surface area contributed by atoms with Gasteiger partial charge in [-0.15, -0.1) is 13.2 Å². The van der Waals surface area contributed by atoms with Crippen molar-refractivity contribution in [1.82, 2.24) is 0 Å². The highest BCUT2D eigenvalue weighted by Crippen LogP contribution is 2.23. The van der Waals surface area contributed by atoms with E-state index in [0.29, 0.717) is 4.47 Å². The summed E-state index contributed by atoms with van der Waals surface area (Å²) in [7, 11) is 0. The van der Waals surface area contributed by atoms with Gasteiger partial charge in [0.25, 0.3) is 0 Å². The van der Waals surface area contributed by atoms with Crippen LogP contribution in [0.15, 0.2) is 28.7 Å². The highest BCUT2D eigenvalue weighted by atomic mass is 79.9. The van der Waals surface area contributed by atoms with Gasteiger partial charge in [0.2, 0.25) is 0 Å². The van der Waals surface area contributed by atoms with Crippen molar-refractivity contribution in [1.29, 1.82) is 0 Å². The molecule has 0 aromatic heterocycles. The molecule has 0 aliphatic heterocycles. The van der Waals surface area contributed by atoms with Crippen molar-refractivity contribution in [2.24, 2.45) is 0 Å². The fourth-order valence-electron chi connectivity index (χ4n) is 0.636. The number of halogens is 4. The molecule has 80 valence electrons. The Morgan fingerprint density at radius 2 is 1.50 bits per heavy atom. The van der Waals surface area contributed by atoms with Crippen LogP contribution in [0.4, 0.5) is 13.2 Å². The first kappa shape index (κ1) is 13.3. The maximum absolute atomic E-state index is 11.6. The third-order valence-corrected chi connectivity index (χ3v) is 1.58. The summed E-state index contributed by atoms with van der Waals surface area (Å²) in [4.78, 5) is 0. The number of benzene rings is 1. The zero-order valence-electron chi connectivity index (χ0n) is 7.73. The monoisotopic (exact) mass is 270 g/mol. The first-order valence-electron chi connectivity index (χ1n) is 3.99. The fourth-order valence-corrected chi connectivity index (χ4v) is 0.901. The second kappa shape index (κ2) is 5.90. The SMILES string of the molecule is CC.FC(F)(F)Oc1ccc(Br)cc1. The van der Waals surface area contributed by atoms with Crippen LogP contribution in [0.25, 0.3) is 0 Å². The summed E-state index contributed by atoms with van der Waals surface area (Å²) in [5.74, 6) is -0.217. The first-order chi connectivity index (χ1) is 6.47. The van der Waals surface area contributed by atoms with Crippen molar-refractivity contribution in [2.75, 3.05) is 0 Å². The molecule has 0 aliphatic carbocycles. The molecule has 1 nitrogen and oxygen atoms in total. The lowest BCUT2D eigenvalue weighted by atomic mass is 10.3. The molecule has 0 bridgehead atoms. The number of hydrogen-bond donors (Lipinski definition) is 0. The Hall–Kier alpha value is -0.710. The minimum Gasteiger partial charge on any atom is -0.406 e. The van der Waals surface area contributed by atoms with Gasteiger partial charge in [-0.05, 0) is 24.3 Å². The summed E-state index contributed by atoms with van der Waals surface area (Å²) in [6.45, 7) is 4.00. The molecule has 1 aromatic rings. The summed E-state index contributed by atoms with van der Waals surface area (Å²) in [5, 5.41) is 0. The van der Waals surface area contributed by atoms with E-state index in [-0.39, 0.29) is 5.75 Å². The van der Waals surface area contributed by atoms with Crippen molar-refractivity contribution < 1.29 is 17.9 Å². The molecule has 0 unspecified atom stereocenters. The second-order valence-corrected chi connectivity index (χ2v) is 2.92. The van der Waals surface area contributed by atoms with E-state index >= 15 is 0 Å². The molecule has 0 amide bonds. The highest BCUT2D eigenvalue weighted by molar-refractivity contribution is 9.10. The number of ether oxygens (including phenoxy) is 1. The number of rotatable bonds is 1. The minimum atomic E-state index is -4.62. The van der Waals surface area contributed by atoms with Gasteiger partial charge in [-0.25, -0.2) is 0 Å². The zero-order valence-corrected chi connectivity index (χ0v) is 9.32. The van der Waals surface area contributed by atoms with E-state index in [2.05, 4.69) is 20.7 Å². The van der Waals surface area contributed by atoms with E-state index in [0.717, 1.165) is 0 Å². The van der Waals surface area contributed by atoms with E-state index in [1.54, 1.807) is 0 Å². The molecule has 0 spiro atoms. The summed E-state index contributed by atoms with van der Waals surface area (Å²) in [5.41, 5.74) is 0. The van der Waals surface area contributed by atoms with Gasteiger partial charge in [0.15, 0.2) is 0 Å². The van der Waals surface area contributed by atoms with Crippen LogP contribution in [0.1, 0.15) is 13.8 Å². The summed E-state index contributed by atoms with van der Waals surface area (Å²) >= 11 is 3.09. The Kier molecular flexibility index (Phi) is 5.60. The average Bonchev–Trinajstić information content (AvgIpc) is 2.10. The standard InChI is InChI=1S/C7H4BrF3O.C2H6/c8-5-1-3-6(4-2-5)12-7(9,10)11;1-2/h1-4H;1-2H3. The Labute approximate surface area is 89.0 Å². The maximum Gasteiger partial charge on any atom is 0.573 e. The molecule has 0 saturated heterocycles. The highest BCUT2D eigenvalue weighted by Gasteiger charge is 2.30. The van der Waals surface area contributed by atoms with Crippen LogP contribution in [0.3, 0.4) is 0 Å². The molecule has 5 heteroatoms. The van der Waals surface area contributed by atoms with Gasteiger partial charge >= 0.3 is 6.36 Å². The lowest BCUT2D eigenvalue weighted by Crippen LogP contribution is -2.16. The molecule has 0 fully saturated rings. The van der Waals surface area contributed by atoms with Gasteiger partial charge in [-0.2, -0.15) is 0 Å². The van der Waals surface area contributed by atoms with E-state index in [1.165, 1.54) is 24.3 Å². The van der Waals surface area contributed by atoms with Crippen LogP contribution < -0.4 is 4.74 Å². The fraction of sp³-hybridized carbons (Fsp3) is 0.333. The van der Waals surface area contributed by atoms with Gasteiger partial charge in [0.1, 0.15) is 5.75 Å². The third-order valence-electron chi connectivity index (χ3n) is 1.05. The molecular weight excluding hydrogens is 261 g/mol. The molecule has 0 aliphatic rings. The number of alkyl halides is 3. The summed E-state index contributed by atoms with van der Waals surface area (Å²) in [6.07, 6.45) is -4.62. The Bertz CT molecular complexity index is 256. The molecule has 14 heavy (non-hydrogen) atoms. The minimum absolute atomic E-state index is 0.217. The maximum atomic E-state index is 11.6. The molecule has 1 rings (SSSR count). The van der Waals surface area contributed by atoms with Crippen molar-refractivity contribution >= 4 is 15.9 Å². The Balaban J connectivity index is 0.000000791.